The summed E-state index contributed by atoms with van der Waals surface area (Å²) in [5, 5.41) is 11.8. The molecule has 7 heteroatoms. The maximum atomic E-state index is 13.4. The van der Waals surface area contributed by atoms with Crippen molar-refractivity contribution in [3.63, 3.8) is 0 Å². The number of rotatable bonds is 9. The van der Waals surface area contributed by atoms with Gasteiger partial charge in [-0.05, 0) is 80.4 Å². The van der Waals surface area contributed by atoms with Gasteiger partial charge in [-0.3, -0.25) is 14.5 Å². The highest BCUT2D eigenvalue weighted by atomic mass is 35.5. The molecule has 192 valence electrons. The number of aliphatic hydroxyl groups excluding tert-OH is 1. The number of halogens is 1. The molecule has 1 N–H and O–H groups in total. The number of hydrogen-bond donors (Lipinski definition) is 1. The highest BCUT2D eigenvalue weighted by molar-refractivity contribution is 6.51. The van der Waals surface area contributed by atoms with E-state index in [4.69, 9.17) is 16.3 Å². The monoisotopic (exact) mass is 518 g/mol. The molecule has 0 spiro atoms. The van der Waals surface area contributed by atoms with E-state index in [2.05, 4.69) is 18.7 Å². The van der Waals surface area contributed by atoms with Gasteiger partial charge in [0, 0.05) is 35.1 Å². The number of nitrogens with zero attached hydrogens (tertiary/aromatic N) is 2. The first-order valence-electron chi connectivity index (χ1n) is 12.5. The Balaban J connectivity index is 1.83. The first-order valence-corrected chi connectivity index (χ1v) is 12.9. The molecule has 1 amide bonds. The number of carbonyl (C=O) groups excluding carboxylic acids is 2. The third-order valence-electron chi connectivity index (χ3n) is 6.47. The van der Waals surface area contributed by atoms with Crippen molar-refractivity contribution in [1.29, 1.82) is 0 Å². The number of Topliss-reactive ketones (excluding diaryl/α,β-unsaturated/α-hetero) is 1. The number of hydrogen-bond acceptors (Lipinski definition) is 5. The van der Waals surface area contributed by atoms with Crippen LogP contribution in [0.3, 0.4) is 0 Å². The lowest BCUT2D eigenvalue weighted by Gasteiger charge is -2.27. The molecule has 0 bridgehead atoms. The van der Waals surface area contributed by atoms with Crippen molar-refractivity contribution in [2.45, 2.75) is 33.2 Å². The first-order chi connectivity index (χ1) is 17.9. The van der Waals surface area contributed by atoms with Gasteiger partial charge in [-0.1, -0.05) is 36.7 Å². The predicted molar refractivity (Wildman–Crippen MR) is 148 cm³/mol. The predicted octanol–water partition coefficient (Wildman–Crippen LogP) is 6.60. The normalized spacial score (nSPS) is 16.8. The molecule has 3 aromatic carbocycles. The molecule has 1 atom stereocenters. The van der Waals surface area contributed by atoms with Gasteiger partial charge in [0.05, 0.1) is 18.2 Å². The van der Waals surface area contributed by atoms with E-state index in [1.54, 1.807) is 48.5 Å². The molecule has 37 heavy (non-hydrogen) atoms. The van der Waals surface area contributed by atoms with Crippen LogP contribution in [0.25, 0.3) is 5.76 Å². The smallest absolute Gasteiger partial charge is 0.300 e. The van der Waals surface area contributed by atoms with Gasteiger partial charge in [-0.15, -0.1) is 0 Å². The second-order valence-electron chi connectivity index (χ2n) is 8.79. The summed E-state index contributed by atoms with van der Waals surface area (Å²) in [6.07, 6.45) is 0.877. The zero-order valence-electron chi connectivity index (χ0n) is 21.3. The Morgan fingerprint density at radius 2 is 1.65 bits per heavy atom. The van der Waals surface area contributed by atoms with Crippen molar-refractivity contribution in [3.8, 4) is 5.75 Å². The van der Waals surface area contributed by atoms with E-state index in [9.17, 15) is 14.7 Å². The highest BCUT2D eigenvalue weighted by Crippen LogP contribution is 2.43. The van der Waals surface area contributed by atoms with Gasteiger partial charge in [0.2, 0.25) is 0 Å². The Kier molecular flexibility index (Phi) is 8.19. The van der Waals surface area contributed by atoms with E-state index >= 15 is 0 Å². The SMILES string of the molecule is CCCOc1ccc(/C(O)=C2\C(=O)C(=O)N(c3cccc(Cl)c3)C2c2ccc(N(CC)CC)cc2)cc1. The lowest BCUT2D eigenvalue weighted by molar-refractivity contribution is -0.132. The largest absolute Gasteiger partial charge is 0.507 e. The van der Waals surface area contributed by atoms with E-state index < -0.39 is 17.7 Å². The Hall–Kier alpha value is -3.77. The zero-order chi connectivity index (χ0) is 26.5. The van der Waals surface area contributed by atoms with Crippen molar-refractivity contribution >= 4 is 40.4 Å². The Morgan fingerprint density at radius 1 is 0.973 bits per heavy atom. The van der Waals surface area contributed by atoms with Crippen LogP contribution in [0.2, 0.25) is 5.02 Å². The highest BCUT2D eigenvalue weighted by Gasteiger charge is 2.47. The molecule has 1 aliphatic heterocycles. The Morgan fingerprint density at radius 3 is 2.24 bits per heavy atom. The molecular weight excluding hydrogens is 488 g/mol. The molecule has 1 fully saturated rings. The summed E-state index contributed by atoms with van der Waals surface area (Å²) in [5.74, 6) is -1.03. The lowest BCUT2D eigenvalue weighted by atomic mass is 9.95. The number of aliphatic hydroxyl groups is 1. The van der Waals surface area contributed by atoms with Gasteiger partial charge in [0.1, 0.15) is 11.5 Å². The standard InChI is InChI=1S/C30H31ClN2O4/c1-4-18-37-25-16-12-21(13-17-25)28(34)26-27(20-10-14-23(15-11-20)32(5-2)6-3)33(30(36)29(26)35)24-9-7-8-22(31)19-24/h7-17,19,27,34H,4-6,18H2,1-3H3/b28-26+. The minimum atomic E-state index is -0.819. The summed E-state index contributed by atoms with van der Waals surface area (Å²) >= 11 is 6.23. The summed E-state index contributed by atoms with van der Waals surface area (Å²) in [5.41, 5.74) is 2.69. The number of ketones is 1. The van der Waals surface area contributed by atoms with E-state index in [0.29, 0.717) is 34.2 Å². The van der Waals surface area contributed by atoms with Crippen LogP contribution in [0.1, 0.15) is 44.4 Å². The molecule has 0 saturated carbocycles. The van der Waals surface area contributed by atoms with E-state index in [1.807, 2.05) is 31.2 Å². The second-order valence-corrected chi connectivity index (χ2v) is 9.22. The minimum absolute atomic E-state index is 0.0304. The fraction of sp³-hybridized carbons (Fsp3) is 0.267. The van der Waals surface area contributed by atoms with Crippen LogP contribution in [0.4, 0.5) is 11.4 Å². The molecule has 1 saturated heterocycles. The van der Waals surface area contributed by atoms with Gasteiger partial charge < -0.3 is 14.7 Å². The van der Waals surface area contributed by atoms with Gasteiger partial charge in [0.25, 0.3) is 11.7 Å². The fourth-order valence-corrected chi connectivity index (χ4v) is 4.77. The molecule has 1 heterocycles. The van der Waals surface area contributed by atoms with Crippen molar-refractivity contribution < 1.29 is 19.4 Å². The van der Waals surface area contributed by atoms with Crippen molar-refractivity contribution in [2.75, 3.05) is 29.5 Å². The number of amides is 1. The number of anilines is 2. The van der Waals surface area contributed by atoms with Gasteiger partial charge in [0.15, 0.2) is 0 Å². The first kappa shape index (κ1) is 26.3. The summed E-state index contributed by atoms with van der Waals surface area (Å²) < 4.78 is 5.64. The number of carbonyl (C=O) groups is 2. The van der Waals surface area contributed by atoms with Gasteiger partial charge >= 0.3 is 0 Å². The molecule has 3 aromatic rings. The third-order valence-corrected chi connectivity index (χ3v) is 6.70. The van der Waals surface area contributed by atoms with Crippen LogP contribution in [0, 0.1) is 0 Å². The molecule has 0 radical (unpaired) electrons. The van der Waals surface area contributed by atoms with Crippen LogP contribution < -0.4 is 14.5 Å². The maximum Gasteiger partial charge on any atom is 0.300 e. The average molecular weight is 519 g/mol. The van der Waals surface area contributed by atoms with Crippen molar-refractivity contribution in [2.24, 2.45) is 0 Å². The average Bonchev–Trinajstić information content (AvgIpc) is 3.18. The Labute approximate surface area is 222 Å². The lowest BCUT2D eigenvalue weighted by Crippen LogP contribution is -2.29. The quantitative estimate of drug-likeness (QED) is 0.196. The molecular formula is C30H31ClN2O4. The fourth-order valence-electron chi connectivity index (χ4n) is 4.58. The van der Waals surface area contributed by atoms with Gasteiger partial charge in [-0.2, -0.15) is 0 Å². The number of benzene rings is 3. The van der Waals surface area contributed by atoms with Crippen LogP contribution in [0.15, 0.2) is 78.4 Å². The van der Waals surface area contributed by atoms with E-state index in [0.717, 1.165) is 25.2 Å². The maximum absolute atomic E-state index is 13.4. The molecule has 1 aliphatic rings. The third kappa shape index (κ3) is 5.35. The molecule has 4 rings (SSSR count). The Bertz CT molecular complexity index is 1300. The molecule has 1 unspecified atom stereocenters. The van der Waals surface area contributed by atoms with Gasteiger partial charge in [-0.25, -0.2) is 0 Å². The zero-order valence-corrected chi connectivity index (χ0v) is 22.0. The van der Waals surface area contributed by atoms with Crippen LogP contribution >= 0.6 is 11.6 Å². The molecule has 0 aromatic heterocycles. The topological polar surface area (TPSA) is 70.1 Å². The van der Waals surface area contributed by atoms with Crippen LogP contribution in [0.5, 0.6) is 5.75 Å². The van der Waals surface area contributed by atoms with Crippen molar-refractivity contribution in [1.82, 2.24) is 0 Å². The minimum Gasteiger partial charge on any atom is -0.507 e. The van der Waals surface area contributed by atoms with E-state index in [-0.39, 0.29) is 11.3 Å². The summed E-state index contributed by atoms with van der Waals surface area (Å²) in [6, 6.07) is 20.6. The molecule has 6 nitrogen and oxygen atoms in total. The number of ether oxygens (including phenoxy) is 1. The summed E-state index contributed by atoms with van der Waals surface area (Å²) in [4.78, 5) is 30.3. The summed E-state index contributed by atoms with van der Waals surface area (Å²) in [7, 11) is 0. The second kappa shape index (κ2) is 11.5. The molecule has 0 aliphatic carbocycles. The van der Waals surface area contributed by atoms with E-state index in [1.165, 1.54) is 4.90 Å². The van der Waals surface area contributed by atoms with Crippen LogP contribution in [-0.4, -0.2) is 36.5 Å². The summed E-state index contributed by atoms with van der Waals surface area (Å²) in [6.45, 7) is 8.49. The van der Waals surface area contributed by atoms with Crippen LogP contribution in [-0.2, 0) is 9.59 Å². The van der Waals surface area contributed by atoms with Crippen molar-refractivity contribution in [3.05, 3.63) is 94.5 Å².